The van der Waals surface area contributed by atoms with E-state index in [1.165, 1.54) is 6.07 Å². The molecule has 0 unspecified atom stereocenters. The van der Waals surface area contributed by atoms with Gasteiger partial charge in [-0.1, -0.05) is 30.3 Å². The third kappa shape index (κ3) is 4.75. The van der Waals surface area contributed by atoms with E-state index in [1.54, 1.807) is 24.3 Å². The number of sulfone groups is 1. The van der Waals surface area contributed by atoms with E-state index in [0.29, 0.717) is 34.9 Å². The number of rotatable bonds is 7. The number of nitrogens with one attached hydrogen (secondary N) is 1. The average molecular weight is 455 g/mol. The van der Waals surface area contributed by atoms with E-state index >= 15 is 0 Å². The highest BCUT2D eigenvalue weighted by Gasteiger charge is 2.29. The first-order valence-electron chi connectivity index (χ1n) is 10.3. The molecule has 0 fully saturated rings. The van der Waals surface area contributed by atoms with Gasteiger partial charge in [0.15, 0.2) is 9.84 Å². The molecule has 1 aliphatic heterocycles. The molecule has 0 saturated heterocycles. The van der Waals surface area contributed by atoms with Crippen LogP contribution in [0.15, 0.2) is 71.6 Å². The van der Waals surface area contributed by atoms with Gasteiger partial charge in [0.05, 0.1) is 16.3 Å². The number of halogens is 1. The monoisotopic (exact) mass is 454 g/mol. The van der Waals surface area contributed by atoms with E-state index in [0.717, 1.165) is 11.3 Å². The number of aliphatic carboxylic acids is 1. The lowest BCUT2D eigenvalue weighted by Crippen LogP contribution is -2.31. The van der Waals surface area contributed by atoms with Gasteiger partial charge in [0.2, 0.25) is 0 Å². The van der Waals surface area contributed by atoms with Gasteiger partial charge in [-0.15, -0.1) is 0 Å². The van der Waals surface area contributed by atoms with Crippen LogP contribution in [0.1, 0.15) is 17.5 Å². The first-order valence-corrected chi connectivity index (χ1v) is 11.9. The Kier molecular flexibility index (Phi) is 6.14. The lowest BCUT2D eigenvalue weighted by Gasteiger charge is -2.31. The fourth-order valence-electron chi connectivity index (χ4n) is 3.77. The number of carboxylic acid groups (broad SMARTS) is 1. The molecule has 3 aromatic rings. The standard InChI is InChI=1S/C24H23FN2O4S/c25-21-15-19(9-7-18(21)8-11-24(28)29)26-16-17-6-10-23-22(14-17)27(12-13-32(23,30)31)20-4-2-1-3-5-20/h1-7,9-10,14-15,26H,8,11-13,16H2,(H,28,29). The Hall–Kier alpha value is -3.39. The Bertz CT molecular complexity index is 1250. The van der Waals surface area contributed by atoms with Gasteiger partial charge in [-0.3, -0.25) is 4.79 Å². The number of nitrogens with zero attached hydrogens (tertiary/aromatic N) is 1. The van der Waals surface area contributed by atoms with E-state index in [2.05, 4.69) is 5.32 Å². The zero-order chi connectivity index (χ0) is 22.7. The zero-order valence-corrected chi connectivity index (χ0v) is 18.1. The van der Waals surface area contributed by atoms with Crippen LogP contribution < -0.4 is 10.2 Å². The zero-order valence-electron chi connectivity index (χ0n) is 17.3. The van der Waals surface area contributed by atoms with Gasteiger partial charge in [0, 0.05) is 30.9 Å². The van der Waals surface area contributed by atoms with Crippen molar-refractivity contribution in [2.75, 3.05) is 22.5 Å². The topological polar surface area (TPSA) is 86.7 Å². The van der Waals surface area contributed by atoms with Crippen LogP contribution in [0.25, 0.3) is 0 Å². The van der Waals surface area contributed by atoms with Gasteiger partial charge in [-0.25, -0.2) is 12.8 Å². The molecule has 0 spiro atoms. The van der Waals surface area contributed by atoms with Crippen molar-refractivity contribution in [2.24, 2.45) is 0 Å². The van der Waals surface area contributed by atoms with Gasteiger partial charge in [0.25, 0.3) is 0 Å². The van der Waals surface area contributed by atoms with Crippen LogP contribution in [0.3, 0.4) is 0 Å². The molecule has 0 saturated carbocycles. The maximum Gasteiger partial charge on any atom is 0.303 e. The van der Waals surface area contributed by atoms with Crippen LogP contribution in [0.2, 0.25) is 0 Å². The molecular weight excluding hydrogens is 431 g/mol. The highest BCUT2D eigenvalue weighted by Crippen LogP contribution is 2.36. The average Bonchev–Trinajstić information content (AvgIpc) is 2.77. The summed E-state index contributed by atoms with van der Waals surface area (Å²) in [6.07, 6.45) is 0.00963. The van der Waals surface area contributed by atoms with Crippen LogP contribution >= 0.6 is 0 Å². The minimum Gasteiger partial charge on any atom is -0.481 e. The molecule has 0 bridgehead atoms. The smallest absolute Gasteiger partial charge is 0.303 e. The summed E-state index contributed by atoms with van der Waals surface area (Å²) in [4.78, 5) is 13.0. The largest absolute Gasteiger partial charge is 0.481 e. The molecule has 6 nitrogen and oxygen atoms in total. The first kappa shape index (κ1) is 21.8. The van der Waals surface area contributed by atoms with Crippen molar-refractivity contribution in [1.29, 1.82) is 0 Å². The van der Waals surface area contributed by atoms with Crippen molar-refractivity contribution in [1.82, 2.24) is 0 Å². The fraction of sp³-hybridized carbons (Fsp3) is 0.208. The van der Waals surface area contributed by atoms with Crippen LogP contribution in [-0.4, -0.2) is 31.8 Å². The van der Waals surface area contributed by atoms with E-state index in [-0.39, 0.29) is 18.6 Å². The Morgan fingerprint density at radius 3 is 2.56 bits per heavy atom. The Morgan fingerprint density at radius 1 is 1.06 bits per heavy atom. The number of carbonyl (C=O) groups is 1. The molecule has 2 N–H and O–H groups in total. The molecule has 0 aliphatic carbocycles. The van der Waals surface area contributed by atoms with E-state index in [1.807, 2.05) is 41.3 Å². The van der Waals surface area contributed by atoms with Crippen LogP contribution in [0, 0.1) is 5.82 Å². The number of anilines is 3. The molecular formula is C24H23FN2O4S. The summed E-state index contributed by atoms with van der Waals surface area (Å²) >= 11 is 0. The number of hydrogen-bond acceptors (Lipinski definition) is 5. The lowest BCUT2D eigenvalue weighted by molar-refractivity contribution is -0.136. The Labute approximate surface area is 186 Å². The highest BCUT2D eigenvalue weighted by molar-refractivity contribution is 7.91. The van der Waals surface area contributed by atoms with Gasteiger partial charge in [-0.05, 0) is 53.9 Å². The van der Waals surface area contributed by atoms with Gasteiger partial charge < -0.3 is 15.3 Å². The number of carboxylic acids is 1. The predicted octanol–water partition coefficient (Wildman–Crippen LogP) is 4.38. The minimum absolute atomic E-state index is 0.0556. The molecule has 3 aromatic carbocycles. The quantitative estimate of drug-likeness (QED) is 0.551. The molecule has 1 aliphatic rings. The van der Waals surface area contributed by atoms with Gasteiger partial charge in [-0.2, -0.15) is 0 Å². The van der Waals surface area contributed by atoms with Crippen molar-refractivity contribution in [3.05, 3.63) is 83.7 Å². The van der Waals surface area contributed by atoms with Crippen molar-refractivity contribution >= 4 is 32.9 Å². The third-order valence-electron chi connectivity index (χ3n) is 5.46. The SMILES string of the molecule is O=C(O)CCc1ccc(NCc2ccc3c(c2)N(c2ccccc2)CCS3(=O)=O)cc1F. The van der Waals surface area contributed by atoms with Crippen molar-refractivity contribution < 1.29 is 22.7 Å². The molecule has 0 aromatic heterocycles. The summed E-state index contributed by atoms with van der Waals surface area (Å²) in [6, 6.07) is 19.5. The highest BCUT2D eigenvalue weighted by atomic mass is 32.2. The molecule has 4 rings (SSSR count). The molecule has 32 heavy (non-hydrogen) atoms. The maximum absolute atomic E-state index is 14.3. The van der Waals surface area contributed by atoms with Crippen LogP contribution in [-0.2, 0) is 27.6 Å². The van der Waals surface area contributed by atoms with Crippen molar-refractivity contribution in [3.8, 4) is 0 Å². The summed E-state index contributed by atoms with van der Waals surface area (Å²) in [7, 11) is -3.34. The molecule has 0 radical (unpaired) electrons. The van der Waals surface area contributed by atoms with Gasteiger partial charge >= 0.3 is 5.97 Å². The molecule has 0 amide bonds. The van der Waals surface area contributed by atoms with E-state index < -0.39 is 21.6 Å². The number of hydrogen-bond donors (Lipinski definition) is 2. The van der Waals surface area contributed by atoms with Crippen molar-refractivity contribution in [2.45, 2.75) is 24.3 Å². The Balaban J connectivity index is 1.55. The molecule has 8 heteroatoms. The van der Waals surface area contributed by atoms with Crippen LogP contribution in [0.5, 0.6) is 0 Å². The molecule has 0 atom stereocenters. The van der Waals surface area contributed by atoms with Gasteiger partial charge in [0.1, 0.15) is 5.82 Å². The summed E-state index contributed by atoms with van der Waals surface area (Å²) < 4.78 is 39.4. The summed E-state index contributed by atoms with van der Waals surface area (Å²) in [5.41, 5.74) is 3.34. The number of fused-ring (bicyclic) bond motifs is 1. The second-order valence-corrected chi connectivity index (χ2v) is 9.74. The lowest BCUT2D eigenvalue weighted by atomic mass is 10.1. The van der Waals surface area contributed by atoms with E-state index in [9.17, 15) is 17.6 Å². The first-order chi connectivity index (χ1) is 15.3. The predicted molar refractivity (Wildman–Crippen MR) is 122 cm³/mol. The minimum atomic E-state index is -3.34. The normalized spacial score (nSPS) is 14.6. The van der Waals surface area contributed by atoms with Crippen LogP contribution in [0.4, 0.5) is 21.5 Å². The second-order valence-electron chi connectivity index (χ2n) is 7.66. The number of benzene rings is 3. The van der Waals surface area contributed by atoms with E-state index in [4.69, 9.17) is 5.11 Å². The molecule has 1 heterocycles. The summed E-state index contributed by atoms with van der Waals surface area (Å²) in [5, 5.41) is 11.9. The van der Waals surface area contributed by atoms with Crippen molar-refractivity contribution in [3.63, 3.8) is 0 Å². The maximum atomic E-state index is 14.3. The summed E-state index contributed by atoms with van der Waals surface area (Å²) in [5.74, 6) is -1.37. The third-order valence-corrected chi connectivity index (χ3v) is 7.19. The Morgan fingerprint density at radius 2 is 1.84 bits per heavy atom. The fourth-order valence-corrected chi connectivity index (χ4v) is 5.18. The number of aryl methyl sites for hydroxylation is 1. The second kappa shape index (κ2) is 9.00. The number of para-hydroxylation sites is 1. The summed E-state index contributed by atoms with van der Waals surface area (Å²) in [6.45, 7) is 0.753. The molecule has 166 valence electrons.